The van der Waals surface area contributed by atoms with Crippen molar-refractivity contribution in [2.45, 2.75) is 31.7 Å². The van der Waals surface area contributed by atoms with E-state index >= 15 is 0 Å². The summed E-state index contributed by atoms with van der Waals surface area (Å²) in [6, 6.07) is 0.557. The topological polar surface area (TPSA) is 73.8 Å². The van der Waals surface area contributed by atoms with Gasteiger partial charge in [-0.3, -0.25) is 9.89 Å². The second-order valence-corrected chi connectivity index (χ2v) is 7.92. The summed E-state index contributed by atoms with van der Waals surface area (Å²) < 4.78 is 22.7. The van der Waals surface area contributed by atoms with Crippen molar-refractivity contribution < 1.29 is 8.42 Å². The van der Waals surface area contributed by atoms with Crippen molar-refractivity contribution in [3.05, 3.63) is 0 Å². The van der Waals surface area contributed by atoms with Gasteiger partial charge in [-0.1, -0.05) is 12.8 Å². The molecule has 1 aliphatic carbocycles. The van der Waals surface area contributed by atoms with E-state index < -0.39 is 9.84 Å². The van der Waals surface area contributed by atoms with Crippen LogP contribution in [0.3, 0.4) is 0 Å². The van der Waals surface area contributed by atoms with Gasteiger partial charge in [-0.05, 0) is 12.8 Å². The molecule has 0 bridgehead atoms. The first kappa shape index (κ1) is 19.0. The van der Waals surface area contributed by atoms with Crippen LogP contribution in [-0.2, 0) is 9.84 Å². The first-order valence-electron chi connectivity index (χ1n) is 7.49. The molecular weight excluding hydrogens is 403 g/mol. The molecule has 0 atom stereocenters. The SMILES string of the molecule is CN=C(NCCN1CCS(=O)(=O)CC1)NC1CCCC1.I. The molecule has 1 saturated carbocycles. The Morgan fingerprint density at radius 3 is 2.43 bits per heavy atom. The Morgan fingerprint density at radius 1 is 1.24 bits per heavy atom. The van der Waals surface area contributed by atoms with E-state index in [1.54, 1.807) is 7.05 Å². The van der Waals surface area contributed by atoms with E-state index in [9.17, 15) is 8.42 Å². The number of nitrogens with zero attached hydrogens (tertiary/aromatic N) is 2. The lowest BCUT2D eigenvalue weighted by Crippen LogP contribution is -2.47. The molecule has 1 heterocycles. The van der Waals surface area contributed by atoms with Gasteiger partial charge < -0.3 is 10.6 Å². The van der Waals surface area contributed by atoms with Gasteiger partial charge in [-0.15, -0.1) is 24.0 Å². The van der Waals surface area contributed by atoms with Crippen molar-refractivity contribution in [1.82, 2.24) is 15.5 Å². The summed E-state index contributed by atoms with van der Waals surface area (Å²) in [5, 5.41) is 6.75. The molecule has 6 nitrogen and oxygen atoms in total. The lowest BCUT2D eigenvalue weighted by Gasteiger charge is -2.27. The maximum atomic E-state index is 11.3. The largest absolute Gasteiger partial charge is 0.355 e. The maximum absolute atomic E-state index is 11.3. The molecular formula is C13H27IN4O2S. The van der Waals surface area contributed by atoms with Gasteiger partial charge in [-0.2, -0.15) is 0 Å². The highest BCUT2D eigenvalue weighted by atomic mass is 127. The van der Waals surface area contributed by atoms with Crippen LogP contribution in [0.5, 0.6) is 0 Å². The summed E-state index contributed by atoms with van der Waals surface area (Å²) in [5.74, 6) is 1.45. The number of hydrogen-bond donors (Lipinski definition) is 2. The van der Waals surface area contributed by atoms with Crippen LogP contribution in [0.2, 0.25) is 0 Å². The van der Waals surface area contributed by atoms with Crippen LogP contribution >= 0.6 is 24.0 Å². The van der Waals surface area contributed by atoms with Gasteiger partial charge in [0.1, 0.15) is 0 Å². The van der Waals surface area contributed by atoms with Gasteiger partial charge in [0.05, 0.1) is 11.5 Å². The molecule has 1 saturated heterocycles. The zero-order valence-corrected chi connectivity index (χ0v) is 15.8. The zero-order chi connectivity index (χ0) is 14.4. The molecule has 2 fully saturated rings. The maximum Gasteiger partial charge on any atom is 0.191 e. The second-order valence-electron chi connectivity index (χ2n) is 5.62. The van der Waals surface area contributed by atoms with Crippen molar-refractivity contribution in [1.29, 1.82) is 0 Å². The molecule has 0 aromatic carbocycles. The number of halogens is 1. The molecule has 0 radical (unpaired) electrons. The third-order valence-electron chi connectivity index (χ3n) is 4.08. The minimum Gasteiger partial charge on any atom is -0.355 e. The molecule has 2 rings (SSSR count). The Kier molecular flexibility index (Phi) is 8.25. The molecule has 0 unspecified atom stereocenters. The van der Waals surface area contributed by atoms with E-state index in [-0.39, 0.29) is 24.0 Å². The minimum absolute atomic E-state index is 0. The Bertz CT molecular complexity index is 421. The lowest BCUT2D eigenvalue weighted by atomic mass is 10.2. The van der Waals surface area contributed by atoms with Crippen LogP contribution in [0.25, 0.3) is 0 Å². The quantitative estimate of drug-likeness (QED) is 0.385. The van der Waals surface area contributed by atoms with E-state index in [1.807, 2.05) is 0 Å². The Hall–Kier alpha value is -0.0900. The Labute approximate surface area is 145 Å². The molecule has 0 spiro atoms. The van der Waals surface area contributed by atoms with Gasteiger partial charge >= 0.3 is 0 Å². The average Bonchev–Trinajstić information content (AvgIpc) is 2.92. The van der Waals surface area contributed by atoms with Gasteiger partial charge in [0.25, 0.3) is 0 Å². The van der Waals surface area contributed by atoms with Crippen LogP contribution in [0.15, 0.2) is 4.99 Å². The first-order chi connectivity index (χ1) is 9.59. The third-order valence-corrected chi connectivity index (χ3v) is 5.69. The van der Waals surface area contributed by atoms with Gasteiger partial charge in [0, 0.05) is 39.3 Å². The van der Waals surface area contributed by atoms with Crippen LogP contribution in [0.4, 0.5) is 0 Å². The minimum atomic E-state index is -2.78. The molecule has 8 heteroatoms. The molecule has 1 aliphatic heterocycles. The average molecular weight is 430 g/mol. The third kappa shape index (κ3) is 6.68. The lowest BCUT2D eigenvalue weighted by molar-refractivity contribution is 0.299. The number of aliphatic imine (C=N–C) groups is 1. The molecule has 0 aromatic heterocycles. The fourth-order valence-electron chi connectivity index (χ4n) is 2.76. The van der Waals surface area contributed by atoms with Crippen molar-refractivity contribution in [3.63, 3.8) is 0 Å². The molecule has 0 amide bonds. The highest BCUT2D eigenvalue weighted by molar-refractivity contribution is 14.0. The van der Waals surface area contributed by atoms with E-state index in [0.717, 1.165) is 19.0 Å². The standard InChI is InChI=1S/C13H26N4O2S.HI/c1-14-13(16-12-4-2-3-5-12)15-6-7-17-8-10-20(18,19)11-9-17;/h12H,2-11H2,1H3,(H2,14,15,16);1H. The zero-order valence-electron chi connectivity index (χ0n) is 12.7. The Balaban J connectivity index is 0.00000220. The van der Waals surface area contributed by atoms with Crippen molar-refractivity contribution in [3.8, 4) is 0 Å². The van der Waals surface area contributed by atoms with Crippen molar-refractivity contribution >= 4 is 39.8 Å². The molecule has 2 N–H and O–H groups in total. The van der Waals surface area contributed by atoms with Crippen molar-refractivity contribution in [2.24, 2.45) is 4.99 Å². The van der Waals surface area contributed by atoms with Gasteiger partial charge in [-0.25, -0.2) is 8.42 Å². The summed E-state index contributed by atoms with van der Waals surface area (Å²) in [5.41, 5.74) is 0. The summed E-state index contributed by atoms with van der Waals surface area (Å²) in [7, 11) is -0.986. The number of sulfone groups is 1. The van der Waals surface area contributed by atoms with Crippen LogP contribution in [0.1, 0.15) is 25.7 Å². The van der Waals surface area contributed by atoms with E-state index in [1.165, 1.54) is 25.7 Å². The van der Waals surface area contributed by atoms with Crippen molar-refractivity contribution in [2.75, 3.05) is 44.7 Å². The summed E-state index contributed by atoms with van der Waals surface area (Å²) >= 11 is 0. The predicted octanol–water partition coefficient (Wildman–Crippen LogP) is 0.442. The van der Waals surface area contributed by atoms with Gasteiger partial charge in [0.2, 0.25) is 0 Å². The highest BCUT2D eigenvalue weighted by Crippen LogP contribution is 2.17. The fraction of sp³-hybridized carbons (Fsp3) is 0.923. The predicted molar refractivity (Wildman–Crippen MR) is 97.3 cm³/mol. The van der Waals surface area contributed by atoms with E-state index in [2.05, 4.69) is 20.5 Å². The normalized spacial score (nSPS) is 23.6. The number of guanidine groups is 1. The molecule has 0 aromatic rings. The monoisotopic (exact) mass is 430 g/mol. The van der Waals surface area contributed by atoms with Crippen LogP contribution < -0.4 is 10.6 Å². The molecule has 2 aliphatic rings. The highest BCUT2D eigenvalue weighted by Gasteiger charge is 2.21. The smallest absolute Gasteiger partial charge is 0.191 e. The van der Waals surface area contributed by atoms with E-state index in [4.69, 9.17) is 0 Å². The molecule has 21 heavy (non-hydrogen) atoms. The molecule has 124 valence electrons. The number of hydrogen-bond acceptors (Lipinski definition) is 4. The van der Waals surface area contributed by atoms with Gasteiger partial charge in [0.15, 0.2) is 15.8 Å². The van der Waals surface area contributed by atoms with Crippen LogP contribution in [-0.4, -0.2) is 70.1 Å². The van der Waals surface area contributed by atoms with E-state index in [0.29, 0.717) is 30.6 Å². The summed E-state index contributed by atoms with van der Waals surface area (Å²) in [6.45, 7) is 2.96. The van der Waals surface area contributed by atoms with Crippen LogP contribution in [0, 0.1) is 0 Å². The second kappa shape index (κ2) is 9.14. The number of nitrogens with one attached hydrogen (secondary N) is 2. The number of rotatable bonds is 4. The summed E-state index contributed by atoms with van der Waals surface area (Å²) in [6.07, 6.45) is 5.06. The Morgan fingerprint density at radius 2 is 1.86 bits per heavy atom. The summed E-state index contributed by atoms with van der Waals surface area (Å²) in [4.78, 5) is 6.43. The fourth-order valence-corrected chi connectivity index (χ4v) is 4.04. The first-order valence-corrected chi connectivity index (χ1v) is 9.31.